The Morgan fingerprint density at radius 3 is 2.75 bits per heavy atom. The minimum atomic E-state index is 0.00936. The van der Waals surface area contributed by atoms with Crippen LogP contribution in [-0.2, 0) is 17.6 Å². The fourth-order valence-electron chi connectivity index (χ4n) is 3.45. The Labute approximate surface area is 146 Å². The second kappa shape index (κ2) is 6.95. The van der Waals surface area contributed by atoms with Crippen molar-refractivity contribution in [3.63, 3.8) is 0 Å². The van der Waals surface area contributed by atoms with Crippen LogP contribution in [0.1, 0.15) is 33.0 Å². The summed E-state index contributed by atoms with van der Waals surface area (Å²) in [6.07, 6.45) is 4.72. The number of nitrogens with one attached hydrogen (secondary N) is 1. The molecule has 1 aliphatic carbocycles. The van der Waals surface area contributed by atoms with E-state index in [1.807, 2.05) is 18.2 Å². The van der Waals surface area contributed by atoms with Gasteiger partial charge in [-0.3, -0.25) is 4.79 Å². The summed E-state index contributed by atoms with van der Waals surface area (Å²) in [6, 6.07) is 10.1. The van der Waals surface area contributed by atoms with Gasteiger partial charge in [-0.1, -0.05) is 12.1 Å². The van der Waals surface area contributed by atoms with Crippen LogP contribution < -0.4 is 10.2 Å². The van der Waals surface area contributed by atoms with E-state index in [1.165, 1.54) is 23.3 Å². The standard InChI is InChI=1S/C19H22N2O2S/c22-19(18-13-14-5-1-4-8-17(14)24-18)20-15-6-2-3-7-16(15)21-9-11-23-12-10-21/h2-3,6-7,13H,1,4-5,8-12H2,(H,20,22). The number of benzene rings is 1. The van der Waals surface area contributed by atoms with Gasteiger partial charge in [0, 0.05) is 18.0 Å². The maximum atomic E-state index is 12.7. The van der Waals surface area contributed by atoms with E-state index >= 15 is 0 Å². The number of carbonyl (C=O) groups is 1. The number of para-hydroxylation sites is 2. The Balaban J connectivity index is 1.54. The monoisotopic (exact) mass is 342 g/mol. The Bertz CT molecular complexity index is 711. The molecular weight excluding hydrogens is 320 g/mol. The molecule has 2 aliphatic rings. The highest BCUT2D eigenvalue weighted by Gasteiger charge is 2.19. The van der Waals surface area contributed by atoms with Crippen molar-refractivity contribution in [2.75, 3.05) is 36.5 Å². The number of thiophene rings is 1. The zero-order valence-electron chi connectivity index (χ0n) is 13.7. The number of carbonyl (C=O) groups excluding carboxylic acids is 1. The van der Waals surface area contributed by atoms with E-state index in [1.54, 1.807) is 11.3 Å². The largest absolute Gasteiger partial charge is 0.378 e. The van der Waals surface area contributed by atoms with E-state index < -0.39 is 0 Å². The summed E-state index contributed by atoms with van der Waals surface area (Å²) in [7, 11) is 0. The van der Waals surface area contributed by atoms with E-state index in [0.717, 1.165) is 55.4 Å². The number of ether oxygens (including phenoxy) is 1. The molecule has 2 aromatic rings. The molecule has 1 aliphatic heterocycles. The lowest BCUT2D eigenvalue weighted by Crippen LogP contribution is -2.36. The molecule has 5 heteroatoms. The summed E-state index contributed by atoms with van der Waals surface area (Å²) >= 11 is 1.66. The first-order valence-corrected chi connectivity index (χ1v) is 9.47. The number of nitrogens with zero attached hydrogens (tertiary/aromatic N) is 1. The van der Waals surface area contributed by atoms with Gasteiger partial charge in [0.05, 0.1) is 29.5 Å². The summed E-state index contributed by atoms with van der Waals surface area (Å²) < 4.78 is 5.43. The average molecular weight is 342 g/mol. The average Bonchev–Trinajstić information content (AvgIpc) is 3.07. The lowest BCUT2D eigenvalue weighted by atomic mass is 9.99. The van der Waals surface area contributed by atoms with Gasteiger partial charge in [0.2, 0.25) is 0 Å². The molecule has 0 atom stereocenters. The van der Waals surface area contributed by atoms with Gasteiger partial charge in [-0.2, -0.15) is 0 Å². The molecule has 1 aromatic heterocycles. The highest BCUT2D eigenvalue weighted by Crippen LogP contribution is 2.31. The van der Waals surface area contributed by atoms with Crippen molar-refractivity contribution in [3.05, 3.63) is 45.6 Å². The topological polar surface area (TPSA) is 41.6 Å². The number of hydrogen-bond donors (Lipinski definition) is 1. The van der Waals surface area contributed by atoms with Crippen LogP contribution in [0.5, 0.6) is 0 Å². The first-order chi connectivity index (χ1) is 11.8. The van der Waals surface area contributed by atoms with Crippen molar-refractivity contribution in [2.45, 2.75) is 25.7 Å². The molecule has 1 saturated heterocycles. The Hall–Kier alpha value is -1.85. The molecule has 1 N–H and O–H groups in total. The lowest BCUT2D eigenvalue weighted by molar-refractivity contribution is 0.103. The number of morpholine rings is 1. The van der Waals surface area contributed by atoms with Crippen LogP contribution in [0.4, 0.5) is 11.4 Å². The van der Waals surface area contributed by atoms with E-state index in [9.17, 15) is 4.79 Å². The Morgan fingerprint density at radius 1 is 1.12 bits per heavy atom. The Morgan fingerprint density at radius 2 is 1.92 bits per heavy atom. The van der Waals surface area contributed by atoms with Crippen LogP contribution >= 0.6 is 11.3 Å². The fraction of sp³-hybridized carbons (Fsp3) is 0.421. The van der Waals surface area contributed by atoms with Gasteiger partial charge >= 0.3 is 0 Å². The van der Waals surface area contributed by atoms with Gasteiger partial charge in [-0.05, 0) is 49.4 Å². The zero-order valence-corrected chi connectivity index (χ0v) is 14.5. The Kier molecular flexibility index (Phi) is 4.54. The highest BCUT2D eigenvalue weighted by atomic mass is 32.1. The normalized spacial score (nSPS) is 17.4. The summed E-state index contributed by atoms with van der Waals surface area (Å²) in [5, 5.41) is 3.12. The number of fused-ring (bicyclic) bond motifs is 1. The predicted molar refractivity (Wildman–Crippen MR) is 98.4 cm³/mol. The molecule has 4 nitrogen and oxygen atoms in total. The summed E-state index contributed by atoms with van der Waals surface area (Å²) in [5.41, 5.74) is 3.34. The molecule has 4 rings (SSSR count). The van der Waals surface area contributed by atoms with Crippen LogP contribution in [0.2, 0.25) is 0 Å². The first-order valence-electron chi connectivity index (χ1n) is 8.66. The third-order valence-corrected chi connectivity index (χ3v) is 5.96. The minimum Gasteiger partial charge on any atom is -0.378 e. The molecule has 0 spiro atoms. The maximum absolute atomic E-state index is 12.7. The van der Waals surface area contributed by atoms with Crippen molar-refractivity contribution in [1.82, 2.24) is 0 Å². The minimum absolute atomic E-state index is 0.00936. The van der Waals surface area contributed by atoms with Crippen molar-refractivity contribution in [2.24, 2.45) is 0 Å². The number of anilines is 2. The molecule has 1 amide bonds. The van der Waals surface area contributed by atoms with Crippen molar-refractivity contribution in [3.8, 4) is 0 Å². The molecular formula is C19H22N2O2S. The molecule has 1 fully saturated rings. The van der Waals surface area contributed by atoms with Crippen LogP contribution in [0.25, 0.3) is 0 Å². The van der Waals surface area contributed by atoms with Gasteiger partial charge in [0.1, 0.15) is 0 Å². The number of hydrogen-bond acceptors (Lipinski definition) is 4. The predicted octanol–water partition coefficient (Wildman–Crippen LogP) is 3.72. The highest BCUT2D eigenvalue weighted by molar-refractivity contribution is 7.14. The van der Waals surface area contributed by atoms with E-state index in [4.69, 9.17) is 4.74 Å². The van der Waals surface area contributed by atoms with E-state index in [-0.39, 0.29) is 5.91 Å². The molecule has 0 unspecified atom stereocenters. The second-order valence-corrected chi connectivity index (χ2v) is 7.47. The van der Waals surface area contributed by atoms with E-state index in [2.05, 4.69) is 22.3 Å². The second-order valence-electron chi connectivity index (χ2n) is 6.34. The molecule has 0 bridgehead atoms. The summed E-state index contributed by atoms with van der Waals surface area (Å²) in [4.78, 5) is 17.2. The van der Waals surface area contributed by atoms with Gasteiger partial charge < -0.3 is 15.0 Å². The SMILES string of the molecule is O=C(Nc1ccccc1N1CCOCC1)c1cc2c(s1)CCCC2. The van der Waals surface area contributed by atoms with Gasteiger partial charge in [0.15, 0.2) is 0 Å². The molecule has 24 heavy (non-hydrogen) atoms. The smallest absolute Gasteiger partial charge is 0.265 e. The van der Waals surface area contributed by atoms with Gasteiger partial charge in [-0.15, -0.1) is 11.3 Å². The maximum Gasteiger partial charge on any atom is 0.265 e. The van der Waals surface area contributed by atoms with Crippen molar-refractivity contribution in [1.29, 1.82) is 0 Å². The summed E-state index contributed by atoms with van der Waals surface area (Å²) in [6.45, 7) is 3.19. The zero-order chi connectivity index (χ0) is 16.4. The number of amides is 1. The molecule has 1 aromatic carbocycles. The number of rotatable bonds is 3. The quantitative estimate of drug-likeness (QED) is 0.924. The van der Waals surface area contributed by atoms with Crippen LogP contribution in [0, 0.1) is 0 Å². The molecule has 0 saturated carbocycles. The third kappa shape index (κ3) is 3.19. The number of aryl methyl sites for hydroxylation is 2. The van der Waals surface area contributed by atoms with E-state index in [0.29, 0.717) is 0 Å². The fourth-order valence-corrected chi connectivity index (χ4v) is 4.59. The first kappa shape index (κ1) is 15.7. The van der Waals surface area contributed by atoms with Crippen molar-refractivity contribution >= 4 is 28.6 Å². The summed E-state index contributed by atoms with van der Waals surface area (Å²) in [5.74, 6) is 0.00936. The van der Waals surface area contributed by atoms with Gasteiger partial charge in [0.25, 0.3) is 5.91 Å². The molecule has 2 heterocycles. The van der Waals surface area contributed by atoms with Crippen LogP contribution in [0.3, 0.4) is 0 Å². The lowest BCUT2D eigenvalue weighted by Gasteiger charge is -2.30. The van der Waals surface area contributed by atoms with Gasteiger partial charge in [-0.25, -0.2) is 0 Å². The van der Waals surface area contributed by atoms with Crippen LogP contribution in [-0.4, -0.2) is 32.2 Å². The molecule has 126 valence electrons. The third-order valence-electron chi connectivity index (χ3n) is 4.72. The molecule has 0 radical (unpaired) electrons. The van der Waals surface area contributed by atoms with Crippen molar-refractivity contribution < 1.29 is 9.53 Å². The van der Waals surface area contributed by atoms with Crippen LogP contribution in [0.15, 0.2) is 30.3 Å².